The Morgan fingerprint density at radius 3 is 2.46 bits per heavy atom. The van der Waals surface area contributed by atoms with E-state index in [1.54, 1.807) is 13.8 Å². The Balaban J connectivity index is 3.98. The van der Waals surface area contributed by atoms with Crippen LogP contribution in [0, 0.1) is 0 Å². The van der Waals surface area contributed by atoms with Gasteiger partial charge in [0.2, 0.25) is 0 Å². The summed E-state index contributed by atoms with van der Waals surface area (Å²) in [5.41, 5.74) is 0. The van der Waals surface area contributed by atoms with Crippen LogP contribution in [0.5, 0.6) is 0 Å². The van der Waals surface area contributed by atoms with Crippen LogP contribution < -0.4 is 5.32 Å². The molecule has 0 atom stereocenters. The first-order valence-corrected chi connectivity index (χ1v) is 4.18. The molecule has 0 unspecified atom stereocenters. The summed E-state index contributed by atoms with van der Waals surface area (Å²) in [7, 11) is 0. The van der Waals surface area contributed by atoms with Crippen LogP contribution in [0.4, 0.5) is 8.78 Å². The van der Waals surface area contributed by atoms with Gasteiger partial charge in [0.05, 0.1) is 13.2 Å². The van der Waals surface area contributed by atoms with Crippen molar-refractivity contribution in [3.8, 4) is 0 Å². The summed E-state index contributed by atoms with van der Waals surface area (Å²) in [6, 6.07) is -0.0831. The topological polar surface area (TPSA) is 38.3 Å². The van der Waals surface area contributed by atoms with Gasteiger partial charge in [0, 0.05) is 6.04 Å². The molecule has 0 fully saturated rings. The highest BCUT2D eigenvalue weighted by molar-refractivity contribution is 5.77. The molecule has 0 amide bonds. The van der Waals surface area contributed by atoms with Gasteiger partial charge >= 0.3 is 11.9 Å². The molecule has 0 heterocycles. The molecule has 0 aromatic heterocycles. The smallest absolute Gasteiger partial charge is 0.378 e. The summed E-state index contributed by atoms with van der Waals surface area (Å²) in [4.78, 5) is 10.7. The quantitative estimate of drug-likeness (QED) is 0.669. The SMILES string of the molecule is CCOC(=O)C(F)(F)CNC(C)C. The van der Waals surface area contributed by atoms with Crippen LogP contribution in [0.25, 0.3) is 0 Å². The minimum absolute atomic E-state index is 0.0316. The highest BCUT2D eigenvalue weighted by atomic mass is 19.3. The number of nitrogens with one attached hydrogen (secondary N) is 1. The predicted molar refractivity (Wildman–Crippen MR) is 44.7 cm³/mol. The van der Waals surface area contributed by atoms with Gasteiger partial charge in [-0.25, -0.2) is 4.79 Å². The van der Waals surface area contributed by atoms with E-state index in [4.69, 9.17) is 0 Å². The zero-order valence-electron chi connectivity index (χ0n) is 8.06. The van der Waals surface area contributed by atoms with Gasteiger partial charge < -0.3 is 10.1 Å². The maximum atomic E-state index is 12.8. The first-order chi connectivity index (χ1) is 5.90. The van der Waals surface area contributed by atoms with Crippen molar-refractivity contribution in [3.63, 3.8) is 0 Å². The molecule has 0 spiro atoms. The van der Waals surface area contributed by atoms with Gasteiger partial charge in [-0.2, -0.15) is 8.78 Å². The summed E-state index contributed by atoms with van der Waals surface area (Å²) in [5.74, 6) is -4.90. The van der Waals surface area contributed by atoms with Gasteiger partial charge in [0.25, 0.3) is 0 Å². The number of halogens is 2. The number of ether oxygens (including phenoxy) is 1. The van der Waals surface area contributed by atoms with E-state index in [0.29, 0.717) is 0 Å². The third kappa shape index (κ3) is 4.77. The third-order valence-corrected chi connectivity index (χ3v) is 1.31. The second-order valence-electron chi connectivity index (χ2n) is 2.96. The molecule has 0 rings (SSSR count). The first kappa shape index (κ1) is 12.3. The molecule has 13 heavy (non-hydrogen) atoms. The number of carbonyl (C=O) groups is 1. The number of hydrogen-bond acceptors (Lipinski definition) is 3. The zero-order valence-corrected chi connectivity index (χ0v) is 8.06. The Kier molecular flexibility index (Phi) is 4.83. The summed E-state index contributed by atoms with van der Waals surface area (Å²) in [6.07, 6.45) is 0. The molecule has 1 N–H and O–H groups in total. The second kappa shape index (κ2) is 5.11. The van der Waals surface area contributed by atoms with Crippen LogP contribution in [0.1, 0.15) is 20.8 Å². The lowest BCUT2D eigenvalue weighted by molar-refractivity contribution is -0.170. The van der Waals surface area contributed by atoms with Crippen molar-refractivity contribution < 1.29 is 18.3 Å². The van der Waals surface area contributed by atoms with E-state index in [9.17, 15) is 13.6 Å². The summed E-state index contributed by atoms with van der Waals surface area (Å²) in [5, 5.41) is 2.47. The fraction of sp³-hybridized carbons (Fsp3) is 0.875. The molecule has 0 aromatic rings. The minimum Gasteiger partial charge on any atom is -0.462 e. The minimum atomic E-state index is -3.43. The molecule has 0 aliphatic rings. The number of alkyl halides is 2. The number of carbonyl (C=O) groups excluding carboxylic acids is 1. The normalized spacial score (nSPS) is 11.8. The van der Waals surface area contributed by atoms with Gasteiger partial charge in [-0.15, -0.1) is 0 Å². The first-order valence-electron chi connectivity index (χ1n) is 4.18. The van der Waals surface area contributed by atoms with E-state index in [2.05, 4.69) is 10.1 Å². The molecule has 5 heteroatoms. The number of rotatable bonds is 5. The summed E-state index contributed by atoms with van der Waals surface area (Å²) < 4.78 is 29.9. The predicted octanol–water partition coefficient (Wildman–Crippen LogP) is 1.18. The van der Waals surface area contributed by atoms with Crippen LogP contribution in [0.3, 0.4) is 0 Å². The van der Waals surface area contributed by atoms with Gasteiger partial charge in [0.15, 0.2) is 0 Å². The Bertz CT molecular complexity index is 172. The van der Waals surface area contributed by atoms with Crippen molar-refractivity contribution in [3.05, 3.63) is 0 Å². The Hall–Kier alpha value is -0.710. The molecule has 0 aromatic carbocycles. The monoisotopic (exact) mass is 195 g/mol. The van der Waals surface area contributed by atoms with Crippen LogP contribution in [0.15, 0.2) is 0 Å². The van der Waals surface area contributed by atoms with E-state index in [1.165, 1.54) is 6.92 Å². The Labute approximate surface area is 76.4 Å². The lowest BCUT2D eigenvalue weighted by atomic mass is 10.3. The van der Waals surface area contributed by atoms with Gasteiger partial charge in [-0.05, 0) is 6.92 Å². The van der Waals surface area contributed by atoms with E-state index in [0.717, 1.165) is 0 Å². The standard InChI is InChI=1S/C8H15F2NO2/c1-4-13-7(12)8(9,10)5-11-6(2)3/h6,11H,4-5H2,1-3H3. The molecular weight excluding hydrogens is 180 g/mol. The Morgan fingerprint density at radius 2 is 2.08 bits per heavy atom. The highest BCUT2D eigenvalue weighted by Gasteiger charge is 2.40. The van der Waals surface area contributed by atoms with Crippen LogP contribution in [0.2, 0.25) is 0 Å². The van der Waals surface area contributed by atoms with Crippen molar-refractivity contribution in [2.45, 2.75) is 32.7 Å². The lowest BCUT2D eigenvalue weighted by Gasteiger charge is -2.16. The molecule has 0 saturated heterocycles. The molecule has 0 bridgehead atoms. The van der Waals surface area contributed by atoms with Gasteiger partial charge in [-0.1, -0.05) is 13.8 Å². The van der Waals surface area contributed by atoms with Gasteiger partial charge in [0.1, 0.15) is 0 Å². The summed E-state index contributed by atoms with van der Waals surface area (Å²) in [6.45, 7) is 4.23. The largest absolute Gasteiger partial charge is 0.462 e. The Morgan fingerprint density at radius 1 is 1.54 bits per heavy atom. The number of hydrogen-bond donors (Lipinski definition) is 1. The average molecular weight is 195 g/mol. The van der Waals surface area contributed by atoms with Crippen molar-refractivity contribution in [1.29, 1.82) is 0 Å². The van der Waals surface area contributed by atoms with Crippen LogP contribution >= 0.6 is 0 Å². The highest BCUT2D eigenvalue weighted by Crippen LogP contribution is 2.14. The maximum Gasteiger partial charge on any atom is 0.378 e. The van der Waals surface area contributed by atoms with E-state index >= 15 is 0 Å². The van der Waals surface area contributed by atoms with E-state index in [-0.39, 0.29) is 12.6 Å². The van der Waals surface area contributed by atoms with Crippen LogP contribution in [-0.4, -0.2) is 31.1 Å². The second-order valence-corrected chi connectivity index (χ2v) is 2.96. The molecule has 0 radical (unpaired) electrons. The van der Waals surface area contributed by atoms with Crippen molar-refractivity contribution in [1.82, 2.24) is 5.32 Å². The fourth-order valence-electron chi connectivity index (χ4n) is 0.641. The average Bonchev–Trinajstić information content (AvgIpc) is 2.01. The van der Waals surface area contributed by atoms with Crippen molar-refractivity contribution >= 4 is 5.97 Å². The van der Waals surface area contributed by atoms with Crippen molar-refractivity contribution in [2.75, 3.05) is 13.2 Å². The van der Waals surface area contributed by atoms with E-state index in [1.807, 2.05) is 0 Å². The number of esters is 1. The molecule has 0 aliphatic heterocycles. The molecule has 0 saturated carbocycles. The summed E-state index contributed by atoms with van der Waals surface area (Å²) >= 11 is 0. The molecular formula is C8H15F2NO2. The van der Waals surface area contributed by atoms with Gasteiger partial charge in [-0.3, -0.25) is 0 Å². The molecule has 3 nitrogen and oxygen atoms in total. The molecule has 0 aliphatic carbocycles. The maximum absolute atomic E-state index is 12.8. The zero-order chi connectivity index (χ0) is 10.5. The van der Waals surface area contributed by atoms with E-state index < -0.39 is 18.4 Å². The lowest BCUT2D eigenvalue weighted by Crippen LogP contribution is -2.43. The fourth-order valence-corrected chi connectivity index (χ4v) is 0.641. The third-order valence-electron chi connectivity index (χ3n) is 1.31. The van der Waals surface area contributed by atoms with Crippen molar-refractivity contribution in [2.24, 2.45) is 0 Å². The molecule has 78 valence electrons. The van der Waals surface area contributed by atoms with Crippen LogP contribution in [-0.2, 0) is 9.53 Å².